The highest BCUT2D eigenvalue weighted by Gasteiger charge is 2.26. The summed E-state index contributed by atoms with van der Waals surface area (Å²) < 4.78 is 0. The van der Waals surface area contributed by atoms with Crippen LogP contribution in [0.15, 0.2) is 36.4 Å². The molecule has 2 heterocycles. The van der Waals surface area contributed by atoms with Crippen LogP contribution in [-0.2, 0) is 4.79 Å². The van der Waals surface area contributed by atoms with Gasteiger partial charge in [0.15, 0.2) is 5.82 Å². The van der Waals surface area contributed by atoms with E-state index in [2.05, 4.69) is 51.6 Å². The summed E-state index contributed by atoms with van der Waals surface area (Å²) in [5, 5.41) is 11.7. The first-order valence-corrected chi connectivity index (χ1v) is 11.9. The summed E-state index contributed by atoms with van der Waals surface area (Å²) in [4.78, 5) is 31.1. The van der Waals surface area contributed by atoms with Gasteiger partial charge in [0.05, 0.1) is 5.69 Å². The monoisotopic (exact) mass is 452 g/mol. The predicted octanol–water partition coefficient (Wildman–Crippen LogP) is 3.32. The van der Waals surface area contributed by atoms with Gasteiger partial charge in [-0.3, -0.25) is 4.79 Å². The Balaban J connectivity index is 1.60. The lowest BCUT2D eigenvalue weighted by molar-refractivity contribution is -0.132. The average molecular weight is 453 g/mol. The molecule has 0 spiro atoms. The molecule has 1 saturated heterocycles. The lowest BCUT2D eigenvalue weighted by Gasteiger charge is -2.30. The zero-order valence-electron chi connectivity index (χ0n) is 20.3. The van der Waals surface area contributed by atoms with Crippen molar-refractivity contribution >= 4 is 17.8 Å². The Kier molecular flexibility index (Phi) is 8.63. The predicted molar refractivity (Wildman–Crippen MR) is 131 cm³/mol. The number of nitrogens with one attached hydrogen (secondary N) is 1. The lowest BCUT2D eigenvalue weighted by atomic mass is 10.1. The van der Waals surface area contributed by atoms with Gasteiger partial charge >= 0.3 is 6.03 Å². The van der Waals surface area contributed by atoms with Crippen molar-refractivity contribution in [3.63, 3.8) is 0 Å². The quantitative estimate of drug-likeness (QED) is 0.697. The third-order valence-corrected chi connectivity index (χ3v) is 6.19. The van der Waals surface area contributed by atoms with Gasteiger partial charge in [-0.2, -0.15) is 0 Å². The summed E-state index contributed by atoms with van der Waals surface area (Å²) in [6.45, 7) is 11.4. The fraction of sp³-hybridized carbons (Fsp3) is 0.520. The molecular weight excluding hydrogens is 416 g/mol. The highest BCUT2D eigenvalue weighted by atomic mass is 16.2. The normalized spacial score (nSPS) is 15.0. The summed E-state index contributed by atoms with van der Waals surface area (Å²) in [6.07, 6.45) is 1.65. The molecule has 3 amide bonds. The third kappa shape index (κ3) is 6.43. The number of benzene rings is 1. The highest BCUT2D eigenvalue weighted by Crippen LogP contribution is 2.20. The zero-order chi connectivity index (χ0) is 23.8. The maximum atomic E-state index is 13.0. The van der Waals surface area contributed by atoms with Gasteiger partial charge in [-0.15, -0.1) is 10.2 Å². The molecule has 1 aromatic heterocycles. The van der Waals surface area contributed by atoms with Gasteiger partial charge < -0.3 is 20.0 Å². The summed E-state index contributed by atoms with van der Waals surface area (Å²) in [7, 11) is 0. The van der Waals surface area contributed by atoms with Crippen molar-refractivity contribution < 1.29 is 9.59 Å². The van der Waals surface area contributed by atoms with Crippen molar-refractivity contribution in [1.82, 2.24) is 25.3 Å². The van der Waals surface area contributed by atoms with Crippen LogP contribution in [0.25, 0.3) is 11.3 Å². The first-order chi connectivity index (χ1) is 15.9. The first-order valence-electron chi connectivity index (χ1n) is 11.9. The third-order valence-electron chi connectivity index (χ3n) is 6.19. The van der Waals surface area contributed by atoms with E-state index < -0.39 is 0 Å². The fourth-order valence-electron chi connectivity index (χ4n) is 3.91. The van der Waals surface area contributed by atoms with Gasteiger partial charge in [0.1, 0.15) is 6.54 Å². The molecule has 0 bridgehead atoms. The summed E-state index contributed by atoms with van der Waals surface area (Å²) in [5.41, 5.74) is 3.11. The number of aryl methyl sites for hydroxylation is 1. The van der Waals surface area contributed by atoms with E-state index >= 15 is 0 Å². The first kappa shape index (κ1) is 24.5. The molecule has 0 aliphatic carbocycles. The number of hydrogen-bond acceptors (Lipinski definition) is 5. The number of anilines is 1. The molecule has 2 aromatic rings. The molecule has 1 aliphatic rings. The number of rotatable bonds is 7. The molecule has 1 N–H and O–H groups in total. The SMILES string of the molecule is CCNC(=O)N(CC(=O)N1CCCN(c2ccc(-c3ccc(C)cc3)nn2)CC1)C(C)CC. The minimum atomic E-state index is -0.180. The van der Waals surface area contributed by atoms with Crippen molar-refractivity contribution in [2.24, 2.45) is 0 Å². The molecule has 0 saturated carbocycles. The second-order valence-corrected chi connectivity index (χ2v) is 8.58. The van der Waals surface area contributed by atoms with E-state index in [4.69, 9.17) is 0 Å². The van der Waals surface area contributed by atoms with Crippen molar-refractivity contribution in [2.75, 3.05) is 44.2 Å². The summed E-state index contributed by atoms with van der Waals surface area (Å²) >= 11 is 0. The van der Waals surface area contributed by atoms with Crippen LogP contribution in [0, 0.1) is 6.92 Å². The Hall–Kier alpha value is -3.16. The minimum absolute atomic E-state index is 0.00583. The van der Waals surface area contributed by atoms with Crippen LogP contribution in [0.1, 0.15) is 39.2 Å². The fourth-order valence-corrected chi connectivity index (χ4v) is 3.91. The molecule has 0 radical (unpaired) electrons. The molecule has 1 fully saturated rings. The van der Waals surface area contributed by atoms with E-state index in [0.29, 0.717) is 26.2 Å². The van der Waals surface area contributed by atoms with Crippen molar-refractivity contribution in [1.29, 1.82) is 0 Å². The molecule has 8 heteroatoms. The molecule has 1 unspecified atom stereocenters. The molecule has 33 heavy (non-hydrogen) atoms. The number of carbonyl (C=O) groups excluding carboxylic acids is 2. The van der Waals surface area contributed by atoms with E-state index in [1.165, 1.54) is 5.56 Å². The summed E-state index contributed by atoms with van der Waals surface area (Å²) in [5.74, 6) is 0.813. The van der Waals surface area contributed by atoms with Gasteiger partial charge in [-0.25, -0.2) is 4.79 Å². The van der Waals surface area contributed by atoms with Gasteiger partial charge in [-0.05, 0) is 45.7 Å². The number of amides is 3. The number of carbonyl (C=O) groups is 2. The lowest BCUT2D eigenvalue weighted by Crippen LogP contribution is -2.50. The van der Waals surface area contributed by atoms with Crippen LogP contribution in [0.5, 0.6) is 0 Å². The smallest absolute Gasteiger partial charge is 0.318 e. The standard InChI is InChI=1S/C25H36N6O2/c1-5-20(4)31(25(33)26-6-2)18-24(32)30-15-7-14-29(16-17-30)23-13-12-22(27-28-23)21-10-8-19(3)9-11-21/h8-13,20H,5-7,14-18H2,1-4H3,(H,26,33). The van der Waals surface area contributed by atoms with Crippen molar-refractivity contribution in [3.8, 4) is 11.3 Å². The molecular formula is C25H36N6O2. The molecule has 8 nitrogen and oxygen atoms in total. The van der Waals surface area contributed by atoms with Crippen LogP contribution in [-0.4, -0.2) is 77.2 Å². The van der Waals surface area contributed by atoms with Gasteiger partial charge in [0.25, 0.3) is 0 Å². The Morgan fingerprint density at radius 1 is 1.03 bits per heavy atom. The number of nitrogens with zero attached hydrogens (tertiary/aromatic N) is 5. The van der Waals surface area contributed by atoms with Crippen LogP contribution in [0.4, 0.5) is 10.6 Å². The molecule has 1 atom stereocenters. The van der Waals surface area contributed by atoms with Crippen LogP contribution >= 0.6 is 0 Å². The van der Waals surface area contributed by atoms with Crippen molar-refractivity contribution in [2.45, 2.75) is 46.6 Å². The molecule has 1 aromatic carbocycles. The number of urea groups is 1. The van der Waals surface area contributed by atoms with Crippen LogP contribution in [0.3, 0.4) is 0 Å². The van der Waals surface area contributed by atoms with Gasteiger partial charge in [0.2, 0.25) is 5.91 Å². The number of aromatic nitrogens is 2. The van der Waals surface area contributed by atoms with Crippen LogP contribution < -0.4 is 10.2 Å². The largest absolute Gasteiger partial charge is 0.353 e. The molecule has 3 rings (SSSR count). The van der Waals surface area contributed by atoms with E-state index in [1.807, 2.05) is 37.8 Å². The molecule has 178 valence electrons. The maximum absolute atomic E-state index is 13.0. The van der Waals surface area contributed by atoms with E-state index in [9.17, 15) is 9.59 Å². The van der Waals surface area contributed by atoms with Crippen LogP contribution in [0.2, 0.25) is 0 Å². The highest BCUT2D eigenvalue weighted by molar-refractivity contribution is 5.84. The van der Waals surface area contributed by atoms with Crippen molar-refractivity contribution in [3.05, 3.63) is 42.0 Å². The Morgan fingerprint density at radius 3 is 2.42 bits per heavy atom. The topological polar surface area (TPSA) is 81.7 Å². The second-order valence-electron chi connectivity index (χ2n) is 8.58. The number of hydrogen-bond donors (Lipinski definition) is 1. The average Bonchev–Trinajstić information content (AvgIpc) is 3.09. The second kappa shape index (κ2) is 11.6. The molecule has 1 aliphatic heterocycles. The maximum Gasteiger partial charge on any atom is 0.318 e. The van der Waals surface area contributed by atoms with E-state index in [1.54, 1.807) is 4.90 Å². The Bertz CT molecular complexity index is 915. The summed E-state index contributed by atoms with van der Waals surface area (Å²) in [6, 6.07) is 12.1. The Labute approximate surface area is 197 Å². The minimum Gasteiger partial charge on any atom is -0.353 e. The van der Waals surface area contributed by atoms with E-state index in [-0.39, 0.29) is 24.5 Å². The van der Waals surface area contributed by atoms with Gasteiger partial charge in [0, 0.05) is 44.3 Å². The van der Waals surface area contributed by atoms with Gasteiger partial charge in [-0.1, -0.05) is 36.8 Å². The Morgan fingerprint density at radius 2 is 1.79 bits per heavy atom. The van der Waals surface area contributed by atoms with E-state index in [0.717, 1.165) is 36.5 Å². The zero-order valence-corrected chi connectivity index (χ0v) is 20.3.